The van der Waals surface area contributed by atoms with Gasteiger partial charge < -0.3 is 10.3 Å². The lowest BCUT2D eigenvalue weighted by Crippen LogP contribution is -2.36. The highest BCUT2D eigenvalue weighted by Crippen LogP contribution is 2.36. The van der Waals surface area contributed by atoms with E-state index in [1.807, 2.05) is 0 Å². The summed E-state index contributed by atoms with van der Waals surface area (Å²) >= 11 is 6.07. The van der Waals surface area contributed by atoms with Crippen molar-refractivity contribution in [3.05, 3.63) is 38.9 Å². The van der Waals surface area contributed by atoms with E-state index in [9.17, 15) is 20.4 Å². The molecule has 0 bridgehead atoms. The van der Waals surface area contributed by atoms with Gasteiger partial charge in [-0.25, -0.2) is 0 Å². The van der Waals surface area contributed by atoms with Crippen molar-refractivity contribution in [2.45, 2.75) is 18.4 Å². The van der Waals surface area contributed by atoms with Crippen LogP contribution in [-0.2, 0) is 5.60 Å². The molecule has 22 heavy (non-hydrogen) atoms. The quantitative estimate of drug-likeness (QED) is 0.486. The average Bonchev–Trinajstić information content (AvgIpc) is 2.61. The molecule has 0 amide bonds. The van der Waals surface area contributed by atoms with Gasteiger partial charge in [0.25, 0.3) is 5.69 Å². The smallest absolute Gasteiger partial charge is 0.270 e. The zero-order chi connectivity index (χ0) is 16.3. The van der Waals surface area contributed by atoms with Crippen LogP contribution in [0.3, 0.4) is 0 Å². The maximum Gasteiger partial charge on any atom is 0.270 e. The number of aliphatic imine (C=N–C) groups is 1. The van der Waals surface area contributed by atoms with Gasteiger partial charge >= 0.3 is 0 Å². The van der Waals surface area contributed by atoms with Crippen LogP contribution in [0.25, 0.3) is 0 Å². The van der Waals surface area contributed by atoms with Crippen LogP contribution in [0.4, 0.5) is 5.69 Å². The van der Waals surface area contributed by atoms with E-state index in [0.29, 0.717) is 0 Å². The molecule has 2 rings (SSSR count). The lowest BCUT2D eigenvalue weighted by atomic mass is 9.84. The minimum absolute atomic E-state index is 0.00808. The average molecular weight is 325 g/mol. The van der Waals surface area contributed by atoms with Crippen molar-refractivity contribution < 1.29 is 15.2 Å². The molecule has 1 aromatic rings. The van der Waals surface area contributed by atoms with Crippen LogP contribution in [0.2, 0.25) is 5.02 Å². The molecule has 1 saturated heterocycles. The molecule has 1 fully saturated rings. The molecule has 8 nitrogen and oxygen atoms in total. The molecule has 9 heteroatoms. The Morgan fingerprint density at radius 2 is 2.23 bits per heavy atom. The van der Waals surface area contributed by atoms with Crippen molar-refractivity contribution in [1.29, 1.82) is 5.26 Å². The zero-order valence-electron chi connectivity index (χ0n) is 11.4. The van der Waals surface area contributed by atoms with Crippen molar-refractivity contribution in [3.63, 3.8) is 0 Å². The number of hydrogen-bond acceptors (Lipinski definition) is 7. The largest absolute Gasteiger partial charge is 0.379 e. The lowest BCUT2D eigenvalue weighted by Gasteiger charge is -2.28. The number of rotatable bonds is 2. The third-order valence-electron chi connectivity index (χ3n) is 3.61. The fraction of sp³-hybridized carbons (Fsp3) is 0.385. The monoisotopic (exact) mass is 324 g/mol. The predicted molar refractivity (Wildman–Crippen MR) is 77.6 cm³/mol. The van der Waals surface area contributed by atoms with E-state index in [1.165, 1.54) is 12.1 Å². The van der Waals surface area contributed by atoms with Gasteiger partial charge in [-0.05, 0) is 6.07 Å². The Hall–Kier alpha value is -2.05. The molecule has 0 aliphatic carbocycles. The fourth-order valence-electron chi connectivity index (χ4n) is 2.44. The first kappa shape index (κ1) is 16.3. The van der Waals surface area contributed by atoms with E-state index in [-0.39, 0.29) is 47.9 Å². The van der Waals surface area contributed by atoms with Crippen LogP contribution in [0.5, 0.6) is 0 Å². The number of aliphatic hydroxyl groups is 1. The van der Waals surface area contributed by atoms with Gasteiger partial charge in [0.05, 0.1) is 15.7 Å². The van der Waals surface area contributed by atoms with E-state index >= 15 is 0 Å². The Kier molecular flexibility index (Phi) is 4.73. The van der Waals surface area contributed by atoms with Crippen LogP contribution in [0.1, 0.15) is 18.4 Å². The van der Waals surface area contributed by atoms with Crippen molar-refractivity contribution in [1.82, 2.24) is 5.06 Å². The number of hydroxylamine groups is 2. The molecule has 0 aromatic heterocycles. The molecule has 0 spiro atoms. The summed E-state index contributed by atoms with van der Waals surface area (Å²) in [4.78, 5) is 13.8. The highest BCUT2D eigenvalue weighted by molar-refractivity contribution is 6.32. The molecule has 1 aliphatic heterocycles. The van der Waals surface area contributed by atoms with Crippen molar-refractivity contribution >= 4 is 23.0 Å². The SMILES string of the molecule is N#CN=C1CCN(O)CCC1(O)c1ccc([N+](=O)[O-])cc1Cl. The van der Waals surface area contributed by atoms with Gasteiger partial charge in [0, 0.05) is 43.6 Å². The Labute approximate surface area is 131 Å². The number of nitriles is 1. The normalized spacial score (nSPS) is 24.7. The summed E-state index contributed by atoms with van der Waals surface area (Å²) in [5.41, 5.74) is -1.46. The number of hydrogen-bond donors (Lipinski definition) is 2. The van der Waals surface area contributed by atoms with E-state index in [4.69, 9.17) is 16.9 Å². The summed E-state index contributed by atoms with van der Waals surface area (Å²) in [5, 5.41) is 41.2. The van der Waals surface area contributed by atoms with Crippen LogP contribution >= 0.6 is 11.6 Å². The summed E-state index contributed by atoms with van der Waals surface area (Å²) in [5.74, 6) is 0. The lowest BCUT2D eigenvalue weighted by molar-refractivity contribution is -0.384. The molecule has 116 valence electrons. The number of benzene rings is 1. The van der Waals surface area contributed by atoms with Crippen LogP contribution in [0, 0.1) is 21.6 Å². The maximum absolute atomic E-state index is 11.0. The Balaban J connectivity index is 2.52. The molecule has 0 radical (unpaired) electrons. The Bertz CT molecular complexity index is 672. The predicted octanol–water partition coefficient (Wildman–Crippen LogP) is 1.84. The summed E-state index contributed by atoms with van der Waals surface area (Å²) in [6.45, 7) is 0.363. The molecule has 1 unspecified atom stereocenters. The molecular formula is C13H13ClN4O4. The van der Waals surface area contributed by atoms with Crippen molar-refractivity contribution in [3.8, 4) is 6.19 Å². The van der Waals surface area contributed by atoms with E-state index < -0.39 is 10.5 Å². The van der Waals surface area contributed by atoms with Crippen molar-refractivity contribution in [2.24, 2.45) is 4.99 Å². The number of non-ortho nitro benzene ring substituents is 1. The standard InChI is InChI=1S/C13H13ClN4O4/c14-11-7-9(18(21)22)1-2-10(11)13(19)4-6-17(20)5-3-12(13)16-8-15/h1-2,7,19-20H,3-6H2. The van der Waals surface area contributed by atoms with Gasteiger partial charge in [0.15, 0.2) is 0 Å². The summed E-state index contributed by atoms with van der Waals surface area (Å²) in [7, 11) is 0. The third kappa shape index (κ3) is 3.08. The van der Waals surface area contributed by atoms with Gasteiger partial charge in [-0.15, -0.1) is 0 Å². The number of halogens is 1. The minimum Gasteiger partial charge on any atom is -0.379 e. The first-order valence-corrected chi connectivity index (χ1v) is 6.83. The van der Waals surface area contributed by atoms with Crippen LogP contribution in [0.15, 0.2) is 23.2 Å². The van der Waals surface area contributed by atoms with Crippen LogP contribution < -0.4 is 0 Å². The molecule has 1 atom stereocenters. The second-order valence-electron chi connectivity index (χ2n) is 4.89. The van der Waals surface area contributed by atoms with E-state index in [1.54, 1.807) is 6.19 Å². The third-order valence-corrected chi connectivity index (χ3v) is 3.92. The molecule has 2 N–H and O–H groups in total. The Morgan fingerprint density at radius 3 is 2.82 bits per heavy atom. The van der Waals surface area contributed by atoms with Gasteiger partial charge in [0.1, 0.15) is 5.60 Å². The summed E-state index contributed by atoms with van der Waals surface area (Å²) in [6.07, 6.45) is 1.86. The number of nitro benzene ring substituents is 1. The van der Waals surface area contributed by atoms with Gasteiger partial charge in [0.2, 0.25) is 6.19 Å². The topological polar surface area (TPSA) is 123 Å². The first-order valence-electron chi connectivity index (χ1n) is 6.45. The summed E-state index contributed by atoms with van der Waals surface area (Å²) in [6, 6.07) is 3.71. The van der Waals surface area contributed by atoms with E-state index in [2.05, 4.69) is 4.99 Å². The maximum atomic E-state index is 11.0. The van der Waals surface area contributed by atoms with Gasteiger partial charge in [-0.3, -0.25) is 10.1 Å². The molecular weight excluding hydrogens is 312 g/mol. The highest BCUT2D eigenvalue weighted by Gasteiger charge is 2.39. The van der Waals surface area contributed by atoms with Crippen LogP contribution in [-0.4, -0.2) is 39.1 Å². The highest BCUT2D eigenvalue weighted by atomic mass is 35.5. The number of nitrogens with zero attached hydrogens (tertiary/aromatic N) is 4. The molecule has 1 heterocycles. The minimum atomic E-state index is -1.65. The van der Waals surface area contributed by atoms with Gasteiger partial charge in [-0.2, -0.15) is 15.3 Å². The molecule has 1 aliphatic rings. The van der Waals surface area contributed by atoms with Gasteiger partial charge in [-0.1, -0.05) is 11.6 Å². The zero-order valence-corrected chi connectivity index (χ0v) is 12.2. The van der Waals surface area contributed by atoms with Crippen molar-refractivity contribution in [2.75, 3.05) is 13.1 Å². The Morgan fingerprint density at radius 1 is 1.50 bits per heavy atom. The molecule has 0 saturated carbocycles. The second-order valence-corrected chi connectivity index (χ2v) is 5.30. The number of nitro groups is 1. The fourth-order valence-corrected chi connectivity index (χ4v) is 2.77. The van der Waals surface area contributed by atoms with E-state index in [0.717, 1.165) is 11.1 Å². The second kappa shape index (κ2) is 6.37. The molecule has 1 aromatic carbocycles. The first-order chi connectivity index (χ1) is 10.4. The summed E-state index contributed by atoms with van der Waals surface area (Å²) < 4.78 is 0.